The maximum atomic E-state index is 2.38. The van der Waals surface area contributed by atoms with Gasteiger partial charge in [0, 0.05) is 5.22 Å². The van der Waals surface area contributed by atoms with E-state index in [0.717, 1.165) is 0 Å². The molecule has 22 heavy (non-hydrogen) atoms. The number of rotatable bonds is 0. The Labute approximate surface area is 129 Å². The zero-order valence-electron chi connectivity index (χ0n) is 12.1. The third kappa shape index (κ3) is 1.55. The number of fused-ring (bicyclic) bond motifs is 7. The highest BCUT2D eigenvalue weighted by molar-refractivity contribution is 6.76. The molecule has 0 bridgehead atoms. The molecule has 0 saturated heterocycles. The lowest BCUT2D eigenvalue weighted by atomic mass is 9.57. The molecule has 0 spiro atoms. The molecular formula is C20H14BN. The van der Waals surface area contributed by atoms with Crippen molar-refractivity contribution in [3.05, 3.63) is 83.3 Å². The lowest BCUT2D eigenvalue weighted by Gasteiger charge is -2.25. The molecule has 2 aliphatic heterocycles. The van der Waals surface area contributed by atoms with Crippen molar-refractivity contribution in [2.75, 3.05) is 0 Å². The number of allylic oxidation sites excluding steroid dienone is 2. The van der Waals surface area contributed by atoms with Crippen molar-refractivity contribution in [3.63, 3.8) is 0 Å². The van der Waals surface area contributed by atoms with Crippen molar-refractivity contribution >= 4 is 40.6 Å². The third-order valence-corrected chi connectivity index (χ3v) is 4.65. The highest BCUT2D eigenvalue weighted by Crippen LogP contribution is 2.21. The van der Waals surface area contributed by atoms with Gasteiger partial charge in [-0.2, -0.15) is 0 Å². The van der Waals surface area contributed by atoms with E-state index in [2.05, 4.69) is 89.8 Å². The summed E-state index contributed by atoms with van der Waals surface area (Å²) in [6.07, 6.45) is 8.65. The van der Waals surface area contributed by atoms with Crippen molar-refractivity contribution in [3.8, 4) is 0 Å². The topological polar surface area (TPSA) is 3.24 Å². The molecule has 0 aromatic heterocycles. The summed E-state index contributed by atoms with van der Waals surface area (Å²) >= 11 is 0. The van der Waals surface area contributed by atoms with Crippen LogP contribution in [-0.4, -0.2) is 11.7 Å². The molecule has 5 rings (SSSR count). The highest BCUT2D eigenvalue weighted by atomic mass is 15.0. The third-order valence-electron chi connectivity index (χ3n) is 4.65. The molecule has 0 amide bonds. The van der Waals surface area contributed by atoms with Gasteiger partial charge >= 0.3 is 6.85 Å². The minimum atomic E-state index is 0.321. The molecule has 2 heterocycles. The summed E-state index contributed by atoms with van der Waals surface area (Å²) in [7, 11) is 0. The summed E-state index contributed by atoms with van der Waals surface area (Å²) in [6, 6.07) is 17.4. The second kappa shape index (κ2) is 4.38. The first-order valence-electron chi connectivity index (χ1n) is 7.67. The molecule has 0 aliphatic carbocycles. The van der Waals surface area contributed by atoms with Crippen LogP contribution in [0.15, 0.2) is 72.9 Å². The maximum absolute atomic E-state index is 2.38. The standard InChI is InChI=1S/C20H14BN/c1-3-9-17-15(7-1)16-8-2-4-10-18(16)20-14-22-12-6-5-11-21(22)13-19(17)20/h1-14H. The largest absolute Gasteiger partial charge is 0.389 e. The summed E-state index contributed by atoms with van der Waals surface area (Å²) in [5.41, 5.74) is 0. The first kappa shape index (κ1) is 11.9. The molecule has 1 nitrogen and oxygen atoms in total. The van der Waals surface area contributed by atoms with Crippen LogP contribution in [0.4, 0.5) is 0 Å². The summed E-state index contributed by atoms with van der Waals surface area (Å²) in [6.45, 7) is 0.321. The smallest absolute Gasteiger partial charge is 0.312 e. The van der Waals surface area contributed by atoms with Gasteiger partial charge in [0.2, 0.25) is 0 Å². The van der Waals surface area contributed by atoms with E-state index in [9.17, 15) is 0 Å². The van der Waals surface area contributed by atoms with E-state index in [1.54, 1.807) is 0 Å². The van der Waals surface area contributed by atoms with Crippen LogP contribution in [0.5, 0.6) is 0 Å². The average molecular weight is 279 g/mol. The Morgan fingerprint density at radius 1 is 0.682 bits per heavy atom. The predicted octanol–water partition coefficient (Wildman–Crippen LogP) is 2.98. The van der Waals surface area contributed by atoms with Crippen LogP contribution in [0, 0.1) is 0 Å². The Morgan fingerprint density at radius 3 is 2.05 bits per heavy atom. The number of hydrogen-bond acceptors (Lipinski definition) is 1. The molecule has 0 radical (unpaired) electrons. The number of nitrogens with zero attached hydrogens (tertiary/aromatic N) is 1. The fourth-order valence-electron chi connectivity index (χ4n) is 3.63. The Kier molecular flexibility index (Phi) is 2.36. The Morgan fingerprint density at radius 2 is 1.32 bits per heavy atom. The second-order valence-corrected chi connectivity index (χ2v) is 5.88. The normalized spacial score (nSPS) is 15.5. The van der Waals surface area contributed by atoms with Crippen molar-refractivity contribution in [1.29, 1.82) is 0 Å². The van der Waals surface area contributed by atoms with Gasteiger partial charge < -0.3 is 4.81 Å². The van der Waals surface area contributed by atoms with Crippen molar-refractivity contribution in [1.82, 2.24) is 4.81 Å². The van der Waals surface area contributed by atoms with Crippen LogP contribution in [-0.2, 0) is 0 Å². The second-order valence-electron chi connectivity index (χ2n) is 5.88. The lowest BCUT2D eigenvalue weighted by Crippen LogP contribution is -2.42. The maximum Gasteiger partial charge on any atom is 0.312 e. The van der Waals surface area contributed by atoms with Gasteiger partial charge in [-0.05, 0) is 45.2 Å². The van der Waals surface area contributed by atoms with Gasteiger partial charge in [0.15, 0.2) is 0 Å². The van der Waals surface area contributed by atoms with Crippen LogP contribution in [0.3, 0.4) is 0 Å². The number of hydrogen-bond donors (Lipinski definition) is 0. The summed E-state index contributed by atoms with van der Waals surface area (Å²) in [4.78, 5) is 2.28. The first-order valence-corrected chi connectivity index (χ1v) is 7.67. The molecule has 0 fully saturated rings. The minimum Gasteiger partial charge on any atom is -0.389 e. The SMILES string of the molecule is C1=CB2C=c3c(c4ccccc4c4ccccc34)=CN2C=C1. The van der Waals surface area contributed by atoms with E-state index in [1.165, 1.54) is 32.0 Å². The van der Waals surface area contributed by atoms with E-state index in [1.807, 2.05) is 0 Å². The van der Waals surface area contributed by atoms with Crippen molar-refractivity contribution in [2.24, 2.45) is 0 Å². The van der Waals surface area contributed by atoms with E-state index in [4.69, 9.17) is 0 Å². The van der Waals surface area contributed by atoms with Gasteiger partial charge in [0.1, 0.15) is 0 Å². The van der Waals surface area contributed by atoms with Gasteiger partial charge in [0.05, 0.1) is 0 Å². The van der Waals surface area contributed by atoms with Crippen LogP contribution in [0.25, 0.3) is 33.7 Å². The molecule has 0 saturated carbocycles. The van der Waals surface area contributed by atoms with Gasteiger partial charge in [0.25, 0.3) is 0 Å². The molecule has 3 aromatic carbocycles. The minimum absolute atomic E-state index is 0.321. The molecular weight excluding hydrogens is 265 g/mol. The van der Waals surface area contributed by atoms with Gasteiger partial charge in [-0.15, -0.1) is 0 Å². The average Bonchev–Trinajstić information content (AvgIpc) is 2.61. The Hall–Kier alpha value is -2.74. The van der Waals surface area contributed by atoms with Crippen LogP contribution < -0.4 is 10.4 Å². The predicted molar refractivity (Wildman–Crippen MR) is 95.5 cm³/mol. The molecule has 0 unspecified atom stereocenters. The Bertz CT molecular complexity index is 1000. The first-order chi connectivity index (χ1) is 10.9. The monoisotopic (exact) mass is 279 g/mol. The quantitative estimate of drug-likeness (QED) is 0.451. The zero-order valence-corrected chi connectivity index (χ0v) is 12.1. The molecule has 2 heteroatoms. The molecule has 3 aromatic rings. The zero-order chi connectivity index (χ0) is 14.5. The van der Waals surface area contributed by atoms with Gasteiger partial charge in [-0.25, -0.2) is 0 Å². The fourth-order valence-corrected chi connectivity index (χ4v) is 3.63. The number of benzene rings is 3. The summed E-state index contributed by atoms with van der Waals surface area (Å²) in [5.74, 6) is 4.62. The molecule has 0 atom stereocenters. The van der Waals surface area contributed by atoms with Gasteiger partial charge in [-0.1, -0.05) is 66.6 Å². The van der Waals surface area contributed by atoms with Crippen LogP contribution in [0.2, 0.25) is 0 Å². The highest BCUT2D eigenvalue weighted by Gasteiger charge is 2.20. The van der Waals surface area contributed by atoms with E-state index >= 15 is 0 Å². The Balaban J connectivity index is 2.07. The fraction of sp³-hybridized carbons (Fsp3) is 0. The molecule has 2 aliphatic rings. The summed E-state index contributed by atoms with van der Waals surface area (Å²) < 4.78 is 0. The van der Waals surface area contributed by atoms with Crippen molar-refractivity contribution < 1.29 is 0 Å². The van der Waals surface area contributed by atoms with Crippen LogP contribution in [0.1, 0.15) is 0 Å². The van der Waals surface area contributed by atoms with E-state index in [0.29, 0.717) is 6.85 Å². The summed E-state index contributed by atoms with van der Waals surface area (Å²) in [5, 5.41) is 8.02. The van der Waals surface area contributed by atoms with Gasteiger partial charge in [-0.3, -0.25) is 0 Å². The molecule has 102 valence electrons. The van der Waals surface area contributed by atoms with Crippen LogP contribution >= 0.6 is 0 Å². The van der Waals surface area contributed by atoms with E-state index < -0.39 is 0 Å². The van der Waals surface area contributed by atoms with Crippen molar-refractivity contribution in [2.45, 2.75) is 0 Å². The van der Waals surface area contributed by atoms with E-state index in [-0.39, 0.29) is 0 Å². The molecule has 0 N–H and O–H groups in total. The lowest BCUT2D eigenvalue weighted by molar-refractivity contribution is 0.859.